The van der Waals surface area contributed by atoms with Gasteiger partial charge in [0.2, 0.25) is 0 Å². The van der Waals surface area contributed by atoms with E-state index in [4.69, 9.17) is 0 Å². The lowest BCUT2D eigenvalue weighted by atomic mass is 10.5. The minimum atomic E-state index is -0.337. The average molecular weight is 380 g/mol. The summed E-state index contributed by atoms with van der Waals surface area (Å²) in [5.74, 6) is 0. The van der Waals surface area contributed by atoms with Crippen LogP contribution in [0.1, 0.15) is 0 Å². The molecule has 0 radical (unpaired) electrons. The van der Waals surface area contributed by atoms with Gasteiger partial charge in [-0.1, -0.05) is 31.9 Å². The zero-order valence-corrected chi connectivity index (χ0v) is 12.9. The van der Waals surface area contributed by atoms with E-state index in [9.17, 15) is 9.59 Å². The summed E-state index contributed by atoms with van der Waals surface area (Å²) in [5.41, 5.74) is 0.274. The van der Waals surface area contributed by atoms with Crippen molar-refractivity contribution < 1.29 is 0 Å². The van der Waals surface area contributed by atoms with Crippen LogP contribution in [0.25, 0.3) is 11.2 Å². The van der Waals surface area contributed by atoms with Gasteiger partial charge in [-0.3, -0.25) is 13.9 Å². The van der Waals surface area contributed by atoms with Crippen LogP contribution in [0.4, 0.5) is 0 Å². The molecule has 0 aromatic carbocycles. The Kier molecular flexibility index (Phi) is 4.06. The van der Waals surface area contributed by atoms with Crippen molar-refractivity contribution >= 4 is 43.0 Å². The van der Waals surface area contributed by atoms with E-state index in [2.05, 4.69) is 36.8 Å². The number of alkyl halides is 2. The highest BCUT2D eigenvalue weighted by molar-refractivity contribution is 9.09. The van der Waals surface area contributed by atoms with Gasteiger partial charge < -0.3 is 4.57 Å². The number of aryl methyl sites for hydroxylation is 2. The topological polar surface area (TPSA) is 61.8 Å². The number of hydrogen-bond donors (Lipinski definition) is 0. The third-order valence-electron chi connectivity index (χ3n) is 2.74. The van der Waals surface area contributed by atoms with Crippen LogP contribution in [0.2, 0.25) is 0 Å². The molecule has 2 aromatic heterocycles. The van der Waals surface area contributed by atoms with Crippen molar-refractivity contribution in [3.63, 3.8) is 0 Å². The molecule has 0 aliphatic heterocycles. The number of rotatable bonds is 4. The molecule has 0 aliphatic rings. The third-order valence-corrected chi connectivity index (χ3v) is 3.44. The summed E-state index contributed by atoms with van der Waals surface area (Å²) in [7, 11) is 1.63. The molecule has 2 aromatic rings. The molecule has 0 unspecified atom stereocenters. The quantitative estimate of drug-likeness (QED) is 0.734. The number of aromatic nitrogens is 4. The van der Waals surface area contributed by atoms with Crippen LogP contribution in [0.15, 0.2) is 15.9 Å². The fourth-order valence-corrected chi connectivity index (χ4v) is 2.60. The molecule has 18 heavy (non-hydrogen) atoms. The molecule has 6 nitrogen and oxygen atoms in total. The highest BCUT2D eigenvalue weighted by atomic mass is 79.9. The summed E-state index contributed by atoms with van der Waals surface area (Å²) in [6, 6.07) is 0. The second kappa shape index (κ2) is 5.40. The fourth-order valence-electron chi connectivity index (χ4n) is 1.86. The Morgan fingerprint density at radius 2 is 1.89 bits per heavy atom. The summed E-state index contributed by atoms with van der Waals surface area (Å²) in [5, 5.41) is 1.28. The average Bonchev–Trinajstić information content (AvgIpc) is 2.76. The Labute approximate surface area is 119 Å². The van der Waals surface area contributed by atoms with Crippen LogP contribution in [-0.2, 0) is 20.1 Å². The van der Waals surface area contributed by atoms with E-state index in [0.717, 1.165) is 5.33 Å². The normalized spacial score (nSPS) is 11.3. The molecule has 0 aliphatic carbocycles. The van der Waals surface area contributed by atoms with Gasteiger partial charge in [0.15, 0.2) is 11.2 Å². The molecule has 0 spiro atoms. The van der Waals surface area contributed by atoms with E-state index in [1.807, 2.05) is 0 Å². The number of hydrogen-bond acceptors (Lipinski definition) is 3. The Morgan fingerprint density at radius 3 is 2.50 bits per heavy atom. The molecule has 0 saturated heterocycles. The first-order chi connectivity index (χ1) is 8.61. The summed E-state index contributed by atoms with van der Waals surface area (Å²) < 4.78 is 4.39. The smallest absolute Gasteiger partial charge is 0.324 e. The van der Waals surface area contributed by atoms with Crippen LogP contribution in [-0.4, -0.2) is 29.3 Å². The van der Waals surface area contributed by atoms with E-state index in [1.165, 1.54) is 9.13 Å². The van der Waals surface area contributed by atoms with E-state index in [-0.39, 0.29) is 11.2 Å². The van der Waals surface area contributed by atoms with E-state index in [0.29, 0.717) is 29.6 Å². The summed E-state index contributed by atoms with van der Waals surface area (Å²) in [6.45, 7) is 0.985. The van der Waals surface area contributed by atoms with Gasteiger partial charge in [0.1, 0.15) is 0 Å². The van der Waals surface area contributed by atoms with Gasteiger partial charge in [-0.25, -0.2) is 9.78 Å². The van der Waals surface area contributed by atoms with Crippen molar-refractivity contribution in [3.05, 3.63) is 27.2 Å². The zero-order chi connectivity index (χ0) is 13.3. The largest absolute Gasteiger partial charge is 0.332 e. The van der Waals surface area contributed by atoms with Crippen LogP contribution in [0.5, 0.6) is 0 Å². The first kappa shape index (κ1) is 13.5. The van der Waals surface area contributed by atoms with Gasteiger partial charge in [-0.2, -0.15) is 0 Å². The molecular formula is C10H12Br2N4O2. The van der Waals surface area contributed by atoms with Crippen molar-refractivity contribution in [3.8, 4) is 0 Å². The number of imidazole rings is 1. The number of halogens is 2. The van der Waals surface area contributed by atoms with E-state index >= 15 is 0 Å². The van der Waals surface area contributed by atoms with Crippen molar-refractivity contribution in [1.29, 1.82) is 0 Å². The lowest BCUT2D eigenvalue weighted by Crippen LogP contribution is -2.40. The van der Waals surface area contributed by atoms with E-state index in [1.54, 1.807) is 17.9 Å². The zero-order valence-electron chi connectivity index (χ0n) is 9.77. The molecule has 0 amide bonds. The van der Waals surface area contributed by atoms with Gasteiger partial charge in [-0.15, -0.1) is 0 Å². The first-order valence-electron chi connectivity index (χ1n) is 5.38. The maximum absolute atomic E-state index is 12.3. The Morgan fingerprint density at radius 1 is 1.22 bits per heavy atom. The van der Waals surface area contributed by atoms with Crippen molar-refractivity contribution in [2.75, 3.05) is 10.7 Å². The minimum absolute atomic E-state index is 0.286. The van der Waals surface area contributed by atoms with Crippen molar-refractivity contribution in [2.24, 2.45) is 7.05 Å². The third kappa shape index (κ3) is 2.07. The molecule has 8 heteroatoms. The maximum Gasteiger partial charge on any atom is 0.332 e. The monoisotopic (exact) mass is 378 g/mol. The highest BCUT2D eigenvalue weighted by Gasteiger charge is 2.15. The molecule has 98 valence electrons. The Balaban J connectivity index is 2.84. The Hall–Kier alpha value is -0.890. The van der Waals surface area contributed by atoms with Gasteiger partial charge in [-0.05, 0) is 0 Å². The maximum atomic E-state index is 12.3. The first-order valence-corrected chi connectivity index (χ1v) is 7.62. The lowest BCUT2D eigenvalue weighted by molar-refractivity contribution is 0.640. The molecule has 2 heterocycles. The number of fused-ring (bicyclic) bond motifs is 1. The van der Waals surface area contributed by atoms with Gasteiger partial charge >= 0.3 is 5.69 Å². The van der Waals surface area contributed by atoms with Gasteiger partial charge in [0.25, 0.3) is 5.56 Å². The summed E-state index contributed by atoms with van der Waals surface area (Å²) >= 11 is 6.58. The standard InChI is InChI=1S/C10H12Br2N4O2/c1-14-8-7(15(4-2-11)6-13-8)9(17)16(5-3-12)10(14)18/h6H,2-5H2,1H3. The SMILES string of the molecule is Cn1c(=O)n(CCBr)c(=O)c2c1ncn2CCBr. The molecule has 2 rings (SSSR count). The fraction of sp³-hybridized carbons (Fsp3) is 0.500. The van der Waals surface area contributed by atoms with Crippen LogP contribution >= 0.6 is 31.9 Å². The second-order valence-corrected chi connectivity index (χ2v) is 5.37. The molecule has 0 N–H and O–H groups in total. The summed E-state index contributed by atoms with van der Waals surface area (Å²) in [4.78, 5) is 28.4. The summed E-state index contributed by atoms with van der Waals surface area (Å²) in [6.07, 6.45) is 1.59. The van der Waals surface area contributed by atoms with Crippen LogP contribution < -0.4 is 11.2 Å². The lowest BCUT2D eigenvalue weighted by Gasteiger charge is -2.07. The molecule has 0 atom stereocenters. The highest BCUT2D eigenvalue weighted by Crippen LogP contribution is 2.06. The molecular weight excluding hydrogens is 368 g/mol. The van der Waals surface area contributed by atoms with Crippen LogP contribution in [0, 0.1) is 0 Å². The predicted molar refractivity (Wildman–Crippen MR) is 76.8 cm³/mol. The van der Waals surface area contributed by atoms with Gasteiger partial charge in [0.05, 0.1) is 6.33 Å². The van der Waals surface area contributed by atoms with Crippen LogP contribution in [0.3, 0.4) is 0 Å². The van der Waals surface area contributed by atoms with Crippen molar-refractivity contribution in [2.45, 2.75) is 13.1 Å². The molecule has 0 fully saturated rings. The predicted octanol–water partition coefficient (Wildman–Crippen LogP) is 0.686. The van der Waals surface area contributed by atoms with Gasteiger partial charge in [0, 0.05) is 30.8 Å². The molecule has 0 bridgehead atoms. The minimum Gasteiger partial charge on any atom is -0.324 e. The second-order valence-electron chi connectivity index (χ2n) is 3.79. The Bertz CT molecular complexity index is 685. The number of nitrogens with zero attached hydrogens (tertiary/aromatic N) is 4. The van der Waals surface area contributed by atoms with Crippen molar-refractivity contribution in [1.82, 2.24) is 18.7 Å². The van der Waals surface area contributed by atoms with E-state index < -0.39 is 0 Å². The molecule has 0 saturated carbocycles.